The molecule has 1 heterocycles. The van der Waals surface area contributed by atoms with Crippen molar-refractivity contribution in [1.82, 2.24) is 9.78 Å². The molecule has 1 aromatic heterocycles. The molecule has 0 unspecified atom stereocenters. The lowest BCUT2D eigenvalue weighted by Crippen LogP contribution is -2.20. The highest BCUT2D eigenvalue weighted by Crippen LogP contribution is 2.27. The second-order valence-electron chi connectivity index (χ2n) is 4.18. The number of aromatic nitrogens is 2. The van der Waals surface area contributed by atoms with E-state index >= 15 is 0 Å². The van der Waals surface area contributed by atoms with Gasteiger partial charge in [0.25, 0.3) is 5.56 Å². The SMILES string of the molecule is COC(=O)Cc1c(C)[nH]n(-c2cccc(Cl)c2Cl)c1=O. The average Bonchev–Trinajstić information content (AvgIpc) is 2.69. The molecule has 0 fully saturated rings. The number of halogens is 2. The maximum absolute atomic E-state index is 12.3. The molecular formula is C13H12Cl2N2O3. The van der Waals surface area contributed by atoms with Gasteiger partial charge < -0.3 is 4.74 Å². The van der Waals surface area contributed by atoms with Crippen LogP contribution in [0.15, 0.2) is 23.0 Å². The summed E-state index contributed by atoms with van der Waals surface area (Å²) in [4.78, 5) is 23.6. The first-order valence-electron chi connectivity index (χ1n) is 5.77. The van der Waals surface area contributed by atoms with Gasteiger partial charge in [0.05, 0.1) is 34.8 Å². The van der Waals surface area contributed by atoms with E-state index in [0.717, 1.165) is 0 Å². The minimum Gasteiger partial charge on any atom is -0.469 e. The second-order valence-corrected chi connectivity index (χ2v) is 4.97. The zero-order valence-corrected chi connectivity index (χ0v) is 12.4. The van der Waals surface area contributed by atoms with Gasteiger partial charge in [-0.1, -0.05) is 29.3 Å². The van der Waals surface area contributed by atoms with Crippen LogP contribution in [0.1, 0.15) is 11.3 Å². The zero-order chi connectivity index (χ0) is 14.9. The van der Waals surface area contributed by atoms with Crippen LogP contribution in [-0.4, -0.2) is 22.9 Å². The van der Waals surface area contributed by atoms with Crippen molar-refractivity contribution in [2.75, 3.05) is 7.11 Å². The Kier molecular flexibility index (Phi) is 4.20. The quantitative estimate of drug-likeness (QED) is 0.885. The number of esters is 1. The summed E-state index contributed by atoms with van der Waals surface area (Å²) in [6, 6.07) is 4.98. The van der Waals surface area contributed by atoms with Crippen LogP contribution >= 0.6 is 23.2 Å². The van der Waals surface area contributed by atoms with E-state index in [9.17, 15) is 9.59 Å². The van der Waals surface area contributed by atoms with E-state index in [-0.39, 0.29) is 17.0 Å². The lowest BCUT2D eigenvalue weighted by Gasteiger charge is -2.05. The highest BCUT2D eigenvalue weighted by molar-refractivity contribution is 6.43. The summed E-state index contributed by atoms with van der Waals surface area (Å²) in [7, 11) is 1.27. The molecule has 1 aromatic carbocycles. The summed E-state index contributed by atoms with van der Waals surface area (Å²) >= 11 is 12.0. The smallest absolute Gasteiger partial charge is 0.310 e. The minimum absolute atomic E-state index is 0.0944. The van der Waals surface area contributed by atoms with Gasteiger partial charge in [0.2, 0.25) is 0 Å². The topological polar surface area (TPSA) is 64.1 Å². The number of carbonyl (C=O) groups excluding carboxylic acids is 1. The third-order valence-corrected chi connectivity index (χ3v) is 3.72. The maximum Gasteiger partial charge on any atom is 0.310 e. The van der Waals surface area contributed by atoms with Gasteiger partial charge in [0.15, 0.2) is 0 Å². The minimum atomic E-state index is -0.478. The van der Waals surface area contributed by atoms with E-state index in [4.69, 9.17) is 23.2 Å². The van der Waals surface area contributed by atoms with Gasteiger partial charge >= 0.3 is 5.97 Å². The normalized spacial score (nSPS) is 10.6. The maximum atomic E-state index is 12.3. The monoisotopic (exact) mass is 314 g/mol. The van der Waals surface area contributed by atoms with Crippen LogP contribution in [-0.2, 0) is 16.0 Å². The van der Waals surface area contributed by atoms with Gasteiger partial charge in [0.1, 0.15) is 0 Å². The number of aryl methyl sites for hydroxylation is 1. The molecule has 5 nitrogen and oxygen atoms in total. The number of methoxy groups -OCH3 is 1. The Labute approximate surface area is 125 Å². The van der Waals surface area contributed by atoms with Crippen molar-refractivity contribution < 1.29 is 9.53 Å². The first-order valence-corrected chi connectivity index (χ1v) is 6.53. The van der Waals surface area contributed by atoms with Crippen LogP contribution < -0.4 is 5.56 Å². The molecule has 0 atom stereocenters. The van der Waals surface area contributed by atoms with Crippen LogP contribution in [0.4, 0.5) is 0 Å². The van der Waals surface area contributed by atoms with Crippen LogP contribution in [0.2, 0.25) is 10.0 Å². The lowest BCUT2D eigenvalue weighted by atomic mass is 10.2. The van der Waals surface area contributed by atoms with Crippen LogP contribution in [0.5, 0.6) is 0 Å². The molecule has 20 heavy (non-hydrogen) atoms. The number of hydrogen-bond donors (Lipinski definition) is 1. The molecule has 0 amide bonds. The van der Waals surface area contributed by atoms with Crippen LogP contribution in [0.3, 0.4) is 0 Å². The fourth-order valence-corrected chi connectivity index (χ4v) is 2.22. The molecule has 0 radical (unpaired) electrons. The van der Waals surface area contributed by atoms with E-state index < -0.39 is 5.97 Å². The Morgan fingerprint density at radius 1 is 1.40 bits per heavy atom. The number of rotatable bonds is 3. The average molecular weight is 315 g/mol. The van der Waals surface area contributed by atoms with Gasteiger partial charge in [-0.15, -0.1) is 0 Å². The fourth-order valence-electron chi connectivity index (χ4n) is 1.84. The molecule has 0 aliphatic carbocycles. The zero-order valence-electron chi connectivity index (χ0n) is 10.9. The van der Waals surface area contributed by atoms with Crippen molar-refractivity contribution in [1.29, 1.82) is 0 Å². The lowest BCUT2D eigenvalue weighted by molar-refractivity contribution is -0.139. The molecule has 0 saturated heterocycles. The van der Waals surface area contributed by atoms with E-state index in [1.54, 1.807) is 25.1 Å². The molecular weight excluding hydrogens is 303 g/mol. The fraction of sp³-hybridized carbons (Fsp3) is 0.231. The molecule has 1 N–H and O–H groups in total. The number of aromatic amines is 1. The standard InChI is InChI=1S/C13H12Cl2N2O3/c1-7-8(6-11(18)20-2)13(19)17(16-7)10-5-3-4-9(14)12(10)15/h3-5,16H,6H2,1-2H3. The van der Waals surface area contributed by atoms with Crippen molar-refractivity contribution in [3.8, 4) is 5.69 Å². The number of benzene rings is 1. The summed E-state index contributed by atoms with van der Waals surface area (Å²) in [5, 5.41) is 3.49. The third-order valence-electron chi connectivity index (χ3n) is 2.91. The Morgan fingerprint density at radius 2 is 2.10 bits per heavy atom. The van der Waals surface area contributed by atoms with Crippen LogP contribution in [0.25, 0.3) is 5.69 Å². The number of nitrogens with one attached hydrogen (secondary N) is 1. The molecule has 2 aromatic rings. The van der Waals surface area contributed by atoms with Crippen LogP contribution in [0, 0.1) is 6.92 Å². The molecule has 0 aliphatic rings. The first kappa shape index (κ1) is 14.7. The largest absolute Gasteiger partial charge is 0.469 e. The highest BCUT2D eigenvalue weighted by atomic mass is 35.5. The van der Waals surface area contributed by atoms with Gasteiger partial charge in [-0.2, -0.15) is 0 Å². The van der Waals surface area contributed by atoms with Crippen molar-refractivity contribution >= 4 is 29.2 Å². The first-order chi connectivity index (χ1) is 9.45. The predicted molar refractivity (Wildman–Crippen MR) is 76.9 cm³/mol. The Balaban J connectivity index is 2.55. The Morgan fingerprint density at radius 3 is 2.75 bits per heavy atom. The van der Waals surface area contributed by atoms with Crippen molar-refractivity contribution in [3.05, 3.63) is 49.9 Å². The molecule has 0 bridgehead atoms. The molecule has 2 rings (SSSR count). The van der Waals surface area contributed by atoms with Gasteiger partial charge in [0, 0.05) is 5.69 Å². The van der Waals surface area contributed by atoms with Gasteiger partial charge in [-0.25, -0.2) is 4.68 Å². The summed E-state index contributed by atoms with van der Waals surface area (Å²) in [6.07, 6.45) is -0.0944. The van der Waals surface area contributed by atoms with E-state index in [2.05, 4.69) is 9.84 Å². The van der Waals surface area contributed by atoms with E-state index in [0.29, 0.717) is 22.0 Å². The summed E-state index contributed by atoms with van der Waals surface area (Å²) < 4.78 is 5.84. The third kappa shape index (κ3) is 2.59. The van der Waals surface area contributed by atoms with Gasteiger partial charge in [-0.3, -0.25) is 14.7 Å². The Hall–Kier alpha value is -1.72. The molecule has 106 valence electrons. The summed E-state index contributed by atoms with van der Waals surface area (Å²) in [5.74, 6) is -0.478. The highest BCUT2D eigenvalue weighted by Gasteiger charge is 2.17. The molecule has 0 saturated carbocycles. The number of ether oxygens (including phenoxy) is 1. The number of carbonyl (C=O) groups is 1. The van der Waals surface area contributed by atoms with Crippen molar-refractivity contribution in [2.24, 2.45) is 0 Å². The molecule has 0 spiro atoms. The number of hydrogen-bond acceptors (Lipinski definition) is 3. The second kappa shape index (κ2) is 5.73. The molecule has 0 aliphatic heterocycles. The number of H-pyrrole nitrogens is 1. The molecule has 7 heteroatoms. The van der Waals surface area contributed by atoms with E-state index in [1.165, 1.54) is 11.8 Å². The predicted octanol–water partition coefficient (Wildman–Crippen LogP) is 2.50. The summed E-state index contributed by atoms with van der Waals surface area (Å²) in [6.45, 7) is 1.70. The van der Waals surface area contributed by atoms with Gasteiger partial charge in [-0.05, 0) is 19.1 Å². The summed E-state index contributed by atoms with van der Waals surface area (Å²) in [5.41, 5.74) is 1.00. The Bertz CT molecular complexity index is 719. The van der Waals surface area contributed by atoms with E-state index in [1.807, 2.05) is 0 Å². The van der Waals surface area contributed by atoms with Crippen molar-refractivity contribution in [2.45, 2.75) is 13.3 Å². The number of nitrogens with zero attached hydrogens (tertiary/aromatic N) is 1. The van der Waals surface area contributed by atoms with Crippen molar-refractivity contribution in [3.63, 3.8) is 0 Å².